The predicted molar refractivity (Wildman–Crippen MR) is 67.7 cm³/mol. The van der Waals surface area contributed by atoms with E-state index in [-0.39, 0.29) is 5.82 Å². The summed E-state index contributed by atoms with van der Waals surface area (Å²) in [5, 5.41) is 3.20. The molecule has 0 unspecified atom stereocenters. The number of carbonyl (C=O) groups excluding carboxylic acids is 1. The standard InChI is InChI=1S/C13H18FN3O/c1-2-17(11-6-16-7-11)8-10-5-9(13(15)18)3-4-12(10)14/h3-5,11,16H,2,6-8H2,1H3,(H2,15,18). The van der Waals surface area contributed by atoms with E-state index < -0.39 is 5.91 Å². The van der Waals surface area contributed by atoms with Gasteiger partial charge in [-0.3, -0.25) is 9.69 Å². The highest BCUT2D eigenvalue weighted by Crippen LogP contribution is 2.16. The SMILES string of the molecule is CCN(Cc1cc(C(N)=O)ccc1F)C1CNC1. The number of carbonyl (C=O) groups is 1. The summed E-state index contributed by atoms with van der Waals surface area (Å²) in [5.74, 6) is -0.810. The summed E-state index contributed by atoms with van der Waals surface area (Å²) < 4.78 is 13.7. The molecule has 0 atom stereocenters. The van der Waals surface area contributed by atoms with Crippen molar-refractivity contribution in [1.82, 2.24) is 10.2 Å². The van der Waals surface area contributed by atoms with Crippen molar-refractivity contribution in [2.45, 2.75) is 19.5 Å². The van der Waals surface area contributed by atoms with Gasteiger partial charge in [-0.2, -0.15) is 0 Å². The van der Waals surface area contributed by atoms with Gasteiger partial charge in [-0.05, 0) is 24.7 Å². The lowest BCUT2D eigenvalue weighted by atomic mass is 10.1. The Hall–Kier alpha value is -1.46. The summed E-state index contributed by atoms with van der Waals surface area (Å²) in [6, 6.07) is 4.73. The normalized spacial score (nSPS) is 15.7. The third kappa shape index (κ3) is 2.68. The van der Waals surface area contributed by atoms with Crippen LogP contribution >= 0.6 is 0 Å². The average Bonchev–Trinajstić information content (AvgIpc) is 2.28. The molecule has 3 N–H and O–H groups in total. The minimum Gasteiger partial charge on any atom is -0.366 e. The Labute approximate surface area is 106 Å². The van der Waals surface area contributed by atoms with Gasteiger partial charge in [0, 0.05) is 36.8 Å². The number of likely N-dealkylation sites (N-methyl/N-ethyl adjacent to an activating group) is 1. The third-order valence-corrected chi connectivity index (χ3v) is 3.39. The fraction of sp³-hybridized carbons (Fsp3) is 0.462. The van der Waals surface area contributed by atoms with E-state index in [9.17, 15) is 9.18 Å². The van der Waals surface area contributed by atoms with Crippen molar-refractivity contribution >= 4 is 5.91 Å². The largest absolute Gasteiger partial charge is 0.366 e. The zero-order valence-corrected chi connectivity index (χ0v) is 10.4. The molecule has 1 aromatic carbocycles. The molecule has 1 amide bonds. The third-order valence-electron chi connectivity index (χ3n) is 3.39. The Morgan fingerprint density at radius 1 is 1.56 bits per heavy atom. The fourth-order valence-corrected chi connectivity index (χ4v) is 2.10. The van der Waals surface area contributed by atoms with Crippen LogP contribution < -0.4 is 11.1 Å². The molecule has 0 aromatic heterocycles. The van der Waals surface area contributed by atoms with Crippen molar-refractivity contribution < 1.29 is 9.18 Å². The maximum Gasteiger partial charge on any atom is 0.248 e. The summed E-state index contributed by atoms with van der Waals surface area (Å²) >= 11 is 0. The molecular formula is C13H18FN3O. The van der Waals surface area contributed by atoms with Gasteiger partial charge in [0.15, 0.2) is 0 Å². The molecule has 18 heavy (non-hydrogen) atoms. The minimum absolute atomic E-state index is 0.286. The molecule has 1 fully saturated rings. The Bertz CT molecular complexity index is 446. The lowest BCUT2D eigenvalue weighted by Crippen LogP contribution is -2.56. The van der Waals surface area contributed by atoms with Crippen molar-refractivity contribution in [2.75, 3.05) is 19.6 Å². The number of halogens is 1. The van der Waals surface area contributed by atoms with Gasteiger partial charge in [-0.1, -0.05) is 6.92 Å². The van der Waals surface area contributed by atoms with E-state index in [2.05, 4.69) is 10.2 Å². The summed E-state index contributed by atoms with van der Waals surface area (Å²) in [5.41, 5.74) is 6.09. The van der Waals surface area contributed by atoms with E-state index in [1.165, 1.54) is 12.1 Å². The van der Waals surface area contributed by atoms with Gasteiger partial charge in [0.2, 0.25) is 5.91 Å². The molecule has 0 saturated carbocycles. The first kappa shape index (κ1) is 13.0. The first-order valence-corrected chi connectivity index (χ1v) is 6.14. The summed E-state index contributed by atoms with van der Waals surface area (Å²) in [6.45, 7) is 5.28. The molecular weight excluding hydrogens is 233 g/mol. The molecule has 98 valence electrons. The topological polar surface area (TPSA) is 58.4 Å². The van der Waals surface area contributed by atoms with Crippen molar-refractivity contribution in [1.29, 1.82) is 0 Å². The summed E-state index contributed by atoms with van der Waals surface area (Å²) in [4.78, 5) is 13.3. The maximum atomic E-state index is 13.7. The first-order chi connectivity index (χ1) is 8.61. The predicted octanol–water partition coefficient (Wildman–Crippen LogP) is 0.718. The number of nitrogens with zero attached hydrogens (tertiary/aromatic N) is 1. The van der Waals surface area contributed by atoms with Crippen LogP contribution in [0.25, 0.3) is 0 Å². The van der Waals surface area contributed by atoms with Crippen LogP contribution in [0, 0.1) is 5.82 Å². The van der Waals surface area contributed by atoms with E-state index in [1.807, 2.05) is 6.92 Å². The Morgan fingerprint density at radius 3 is 2.78 bits per heavy atom. The van der Waals surface area contributed by atoms with E-state index in [4.69, 9.17) is 5.73 Å². The average molecular weight is 251 g/mol. The quantitative estimate of drug-likeness (QED) is 0.810. The summed E-state index contributed by atoms with van der Waals surface area (Å²) in [7, 11) is 0. The molecule has 2 rings (SSSR count). The number of amides is 1. The number of hydrogen-bond acceptors (Lipinski definition) is 3. The molecule has 1 heterocycles. The fourth-order valence-electron chi connectivity index (χ4n) is 2.10. The van der Waals surface area contributed by atoms with Gasteiger partial charge < -0.3 is 11.1 Å². The second kappa shape index (κ2) is 5.46. The molecule has 0 spiro atoms. The number of nitrogens with two attached hydrogens (primary N) is 1. The van der Waals surface area contributed by atoms with Crippen LogP contribution in [0.1, 0.15) is 22.8 Å². The lowest BCUT2D eigenvalue weighted by Gasteiger charge is -2.37. The van der Waals surface area contributed by atoms with Crippen LogP contribution in [-0.4, -0.2) is 36.5 Å². The van der Waals surface area contributed by atoms with Crippen molar-refractivity contribution in [3.63, 3.8) is 0 Å². The van der Waals surface area contributed by atoms with Crippen LogP contribution in [0.3, 0.4) is 0 Å². The highest BCUT2D eigenvalue weighted by Gasteiger charge is 2.24. The van der Waals surface area contributed by atoms with E-state index in [1.54, 1.807) is 6.07 Å². The molecule has 1 saturated heterocycles. The molecule has 4 nitrogen and oxygen atoms in total. The zero-order chi connectivity index (χ0) is 13.1. The van der Waals surface area contributed by atoms with E-state index in [0.29, 0.717) is 23.7 Å². The second-order valence-electron chi connectivity index (χ2n) is 4.55. The van der Waals surface area contributed by atoms with Crippen LogP contribution in [0.5, 0.6) is 0 Å². The smallest absolute Gasteiger partial charge is 0.248 e. The van der Waals surface area contributed by atoms with Gasteiger partial charge in [0.25, 0.3) is 0 Å². The van der Waals surface area contributed by atoms with Gasteiger partial charge in [0.1, 0.15) is 5.82 Å². The van der Waals surface area contributed by atoms with Crippen molar-refractivity contribution in [3.8, 4) is 0 Å². The van der Waals surface area contributed by atoms with Crippen LogP contribution in [-0.2, 0) is 6.54 Å². The molecule has 1 aliphatic heterocycles. The van der Waals surface area contributed by atoms with Gasteiger partial charge in [0.05, 0.1) is 0 Å². The highest BCUT2D eigenvalue weighted by molar-refractivity contribution is 5.92. The molecule has 1 aliphatic rings. The summed E-state index contributed by atoms with van der Waals surface area (Å²) in [6.07, 6.45) is 0. The van der Waals surface area contributed by atoms with Gasteiger partial charge in [-0.15, -0.1) is 0 Å². The first-order valence-electron chi connectivity index (χ1n) is 6.14. The van der Waals surface area contributed by atoms with E-state index >= 15 is 0 Å². The van der Waals surface area contributed by atoms with Gasteiger partial charge in [-0.25, -0.2) is 4.39 Å². The zero-order valence-electron chi connectivity index (χ0n) is 10.4. The van der Waals surface area contributed by atoms with Crippen LogP contribution in [0.4, 0.5) is 4.39 Å². The van der Waals surface area contributed by atoms with E-state index in [0.717, 1.165) is 19.6 Å². The number of primary amides is 1. The second-order valence-corrected chi connectivity index (χ2v) is 4.55. The van der Waals surface area contributed by atoms with Crippen molar-refractivity contribution in [2.24, 2.45) is 5.73 Å². The molecule has 5 heteroatoms. The monoisotopic (exact) mass is 251 g/mol. The minimum atomic E-state index is -0.524. The number of nitrogens with one attached hydrogen (secondary N) is 1. The van der Waals surface area contributed by atoms with Crippen molar-refractivity contribution in [3.05, 3.63) is 35.1 Å². The van der Waals surface area contributed by atoms with Crippen LogP contribution in [0.2, 0.25) is 0 Å². The lowest BCUT2D eigenvalue weighted by molar-refractivity contribution is 0.1000. The highest BCUT2D eigenvalue weighted by atomic mass is 19.1. The number of rotatable bonds is 5. The Kier molecular flexibility index (Phi) is 3.93. The number of benzene rings is 1. The molecule has 0 bridgehead atoms. The van der Waals surface area contributed by atoms with Crippen LogP contribution in [0.15, 0.2) is 18.2 Å². The Morgan fingerprint density at radius 2 is 2.28 bits per heavy atom. The molecule has 1 aromatic rings. The Balaban J connectivity index is 2.15. The van der Waals surface area contributed by atoms with Gasteiger partial charge >= 0.3 is 0 Å². The number of hydrogen-bond donors (Lipinski definition) is 2. The maximum absolute atomic E-state index is 13.7. The molecule has 0 radical (unpaired) electrons. The molecule has 0 aliphatic carbocycles.